The summed E-state index contributed by atoms with van der Waals surface area (Å²) in [7, 11) is 1.67. The van der Waals surface area contributed by atoms with E-state index in [4.69, 9.17) is 10.5 Å². The minimum atomic E-state index is 0.247. The number of rotatable bonds is 4. The second-order valence-corrected chi connectivity index (χ2v) is 3.71. The van der Waals surface area contributed by atoms with Crippen LogP contribution in [0.25, 0.3) is 0 Å². The molecule has 1 aromatic carbocycles. The van der Waals surface area contributed by atoms with Crippen LogP contribution in [0.15, 0.2) is 42.7 Å². The largest absolute Gasteiger partial charge is 0.497 e. The minimum absolute atomic E-state index is 0.247. The highest BCUT2D eigenvalue weighted by Crippen LogP contribution is 2.24. The van der Waals surface area contributed by atoms with Crippen molar-refractivity contribution in [3.63, 3.8) is 0 Å². The Morgan fingerprint density at radius 2 is 1.94 bits per heavy atom. The van der Waals surface area contributed by atoms with Crippen LogP contribution in [0.3, 0.4) is 0 Å². The van der Waals surface area contributed by atoms with E-state index in [0.717, 1.165) is 5.75 Å². The minimum Gasteiger partial charge on any atom is -0.497 e. The van der Waals surface area contributed by atoms with E-state index in [2.05, 4.69) is 23.2 Å². The van der Waals surface area contributed by atoms with Gasteiger partial charge in [-0.25, -0.2) is 0 Å². The van der Waals surface area contributed by atoms with Crippen molar-refractivity contribution in [2.24, 2.45) is 5.73 Å². The first-order valence-corrected chi connectivity index (χ1v) is 5.32. The highest BCUT2D eigenvalue weighted by atomic mass is 16.5. The van der Waals surface area contributed by atoms with Gasteiger partial charge < -0.3 is 15.5 Å². The number of benzene rings is 1. The fourth-order valence-corrected chi connectivity index (χ4v) is 1.85. The molecule has 0 aliphatic carbocycles. The van der Waals surface area contributed by atoms with Gasteiger partial charge in [0.15, 0.2) is 0 Å². The Balaban J connectivity index is 2.27. The van der Waals surface area contributed by atoms with Crippen molar-refractivity contribution in [2.45, 2.75) is 5.92 Å². The second kappa shape index (κ2) is 4.86. The monoisotopic (exact) mass is 216 g/mol. The van der Waals surface area contributed by atoms with Gasteiger partial charge in [0.25, 0.3) is 0 Å². The normalized spacial score (nSPS) is 12.4. The van der Waals surface area contributed by atoms with Gasteiger partial charge in [-0.15, -0.1) is 0 Å². The molecule has 0 saturated heterocycles. The van der Waals surface area contributed by atoms with Gasteiger partial charge in [0.2, 0.25) is 0 Å². The lowest BCUT2D eigenvalue weighted by Crippen LogP contribution is -2.13. The molecule has 1 atom stereocenters. The third kappa shape index (κ3) is 2.09. The molecular weight excluding hydrogens is 200 g/mol. The lowest BCUT2D eigenvalue weighted by atomic mass is 9.93. The Morgan fingerprint density at radius 1 is 1.19 bits per heavy atom. The zero-order chi connectivity index (χ0) is 11.4. The number of methoxy groups -OCH3 is 1. The molecule has 0 amide bonds. The zero-order valence-electron chi connectivity index (χ0n) is 9.31. The lowest BCUT2D eigenvalue weighted by Gasteiger charge is -2.14. The number of hydrogen-bond acceptors (Lipinski definition) is 2. The maximum Gasteiger partial charge on any atom is 0.118 e. The summed E-state index contributed by atoms with van der Waals surface area (Å²) in [5.41, 5.74) is 8.25. The Kier molecular flexibility index (Phi) is 3.27. The van der Waals surface area contributed by atoms with E-state index in [1.807, 2.05) is 24.5 Å². The number of nitrogens with one attached hydrogen (secondary N) is 1. The summed E-state index contributed by atoms with van der Waals surface area (Å²) in [4.78, 5) is 3.06. The van der Waals surface area contributed by atoms with Crippen molar-refractivity contribution in [3.8, 4) is 5.75 Å². The first-order chi connectivity index (χ1) is 7.85. The Morgan fingerprint density at radius 3 is 2.44 bits per heavy atom. The molecule has 1 aromatic heterocycles. The third-order valence-corrected chi connectivity index (χ3v) is 2.78. The average Bonchev–Trinajstić information content (AvgIpc) is 2.85. The van der Waals surface area contributed by atoms with Crippen molar-refractivity contribution < 1.29 is 4.74 Å². The third-order valence-electron chi connectivity index (χ3n) is 2.78. The summed E-state index contributed by atoms with van der Waals surface area (Å²) in [5, 5.41) is 0. The number of aromatic amines is 1. The molecule has 2 aromatic rings. The van der Waals surface area contributed by atoms with Gasteiger partial charge in [0.1, 0.15) is 5.75 Å². The van der Waals surface area contributed by atoms with E-state index in [1.54, 1.807) is 7.11 Å². The quantitative estimate of drug-likeness (QED) is 0.822. The number of ether oxygens (including phenoxy) is 1. The molecule has 3 heteroatoms. The van der Waals surface area contributed by atoms with Crippen LogP contribution >= 0.6 is 0 Å². The Bertz CT molecular complexity index is 420. The van der Waals surface area contributed by atoms with Gasteiger partial charge in [-0.1, -0.05) is 12.1 Å². The first kappa shape index (κ1) is 10.8. The van der Waals surface area contributed by atoms with Gasteiger partial charge in [0.05, 0.1) is 7.11 Å². The van der Waals surface area contributed by atoms with Crippen LogP contribution < -0.4 is 10.5 Å². The Labute approximate surface area is 95.2 Å². The van der Waals surface area contributed by atoms with Crippen LogP contribution in [0.2, 0.25) is 0 Å². The molecule has 0 radical (unpaired) electrons. The molecule has 2 rings (SSSR count). The summed E-state index contributed by atoms with van der Waals surface area (Å²) >= 11 is 0. The SMILES string of the molecule is COc1ccc(C(CN)c2cc[nH]c2)cc1. The average molecular weight is 216 g/mol. The van der Waals surface area contributed by atoms with E-state index in [-0.39, 0.29) is 5.92 Å². The summed E-state index contributed by atoms with van der Waals surface area (Å²) in [5.74, 6) is 1.12. The van der Waals surface area contributed by atoms with Crippen LogP contribution in [0.5, 0.6) is 5.75 Å². The summed E-state index contributed by atoms with van der Waals surface area (Å²) in [6.45, 7) is 0.601. The molecule has 0 aliphatic rings. The summed E-state index contributed by atoms with van der Waals surface area (Å²) in [6, 6.07) is 10.1. The van der Waals surface area contributed by atoms with E-state index < -0.39 is 0 Å². The maximum absolute atomic E-state index is 5.82. The molecule has 0 spiro atoms. The number of H-pyrrole nitrogens is 1. The molecule has 3 N–H and O–H groups in total. The maximum atomic E-state index is 5.82. The predicted molar refractivity (Wildman–Crippen MR) is 64.7 cm³/mol. The van der Waals surface area contributed by atoms with Crippen molar-refractivity contribution >= 4 is 0 Å². The molecule has 0 saturated carbocycles. The smallest absolute Gasteiger partial charge is 0.118 e. The van der Waals surface area contributed by atoms with Gasteiger partial charge >= 0.3 is 0 Å². The van der Waals surface area contributed by atoms with E-state index in [1.165, 1.54) is 11.1 Å². The molecule has 84 valence electrons. The number of aromatic nitrogens is 1. The standard InChI is InChI=1S/C13H16N2O/c1-16-12-4-2-10(3-5-12)13(8-14)11-6-7-15-9-11/h2-7,9,13,15H,8,14H2,1H3. The van der Waals surface area contributed by atoms with Crippen LogP contribution in [0.1, 0.15) is 17.0 Å². The number of hydrogen-bond donors (Lipinski definition) is 2. The fraction of sp³-hybridized carbons (Fsp3) is 0.231. The van der Waals surface area contributed by atoms with Crippen molar-refractivity contribution in [2.75, 3.05) is 13.7 Å². The molecule has 0 aliphatic heterocycles. The first-order valence-electron chi connectivity index (χ1n) is 5.32. The predicted octanol–water partition coefficient (Wildman–Crippen LogP) is 2.11. The van der Waals surface area contributed by atoms with E-state index in [9.17, 15) is 0 Å². The second-order valence-electron chi connectivity index (χ2n) is 3.71. The van der Waals surface area contributed by atoms with E-state index in [0.29, 0.717) is 6.54 Å². The van der Waals surface area contributed by atoms with Crippen molar-refractivity contribution in [3.05, 3.63) is 53.9 Å². The molecular formula is C13H16N2O. The summed E-state index contributed by atoms with van der Waals surface area (Å²) < 4.78 is 5.14. The van der Waals surface area contributed by atoms with Crippen LogP contribution in [0.4, 0.5) is 0 Å². The van der Waals surface area contributed by atoms with Crippen LogP contribution in [0, 0.1) is 0 Å². The fourth-order valence-electron chi connectivity index (χ4n) is 1.85. The van der Waals surface area contributed by atoms with Gasteiger partial charge in [0, 0.05) is 24.9 Å². The van der Waals surface area contributed by atoms with Gasteiger partial charge in [-0.3, -0.25) is 0 Å². The van der Waals surface area contributed by atoms with Gasteiger partial charge in [-0.05, 0) is 29.3 Å². The lowest BCUT2D eigenvalue weighted by molar-refractivity contribution is 0.414. The molecule has 1 heterocycles. The summed E-state index contributed by atoms with van der Waals surface area (Å²) in [6.07, 6.45) is 3.91. The Hall–Kier alpha value is -1.74. The van der Waals surface area contributed by atoms with E-state index >= 15 is 0 Å². The molecule has 0 fully saturated rings. The number of nitrogens with two attached hydrogens (primary N) is 1. The van der Waals surface area contributed by atoms with Gasteiger partial charge in [-0.2, -0.15) is 0 Å². The topological polar surface area (TPSA) is 51.0 Å². The molecule has 3 nitrogen and oxygen atoms in total. The van der Waals surface area contributed by atoms with Crippen LogP contribution in [-0.4, -0.2) is 18.6 Å². The van der Waals surface area contributed by atoms with Crippen molar-refractivity contribution in [1.82, 2.24) is 4.98 Å². The molecule has 1 unspecified atom stereocenters. The highest BCUT2D eigenvalue weighted by molar-refractivity contribution is 5.35. The van der Waals surface area contributed by atoms with Crippen molar-refractivity contribution in [1.29, 1.82) is 0 Å². The van der Waals surface area contributed by atoms with Crippen LogP contribution in [-0.2, 0) is 0 Å². The highest BCUT2D eigenvalue weighted by Gasteiger charge is 2.12. The zero-order valence-corrected chi connectivity index (χ0v) is 9.31. The molecule has 16 heavy (non-hydrogen) atoms. The molecule has 0 bridgehead atoms.